The molecule has 0 unspecified atom stereocenters. The summed E-state index contributed by atoms with van der Waals surface area (Å²) in [6.45, 7) is 2.80. The van der Waals surface area contributed by atoms with Gasteiger partial charge in [-0.3, -0.25) is 10.1 Å². The summed E-state index contributed by atoms with van der Waals surface area (Å²) in [5.41, 5.74) is 0.936. The van der Waals surface area contributed by atoms with Crippen LogP contribution in [0.4, 0.5) is 10.8 Å². The van der Waals surface area contributed by atoms with Gasteiger partial charge in [-0.2, -0.15) is 5.26 Å². The summed E-state index contributed by atoms with van der Waals surface area (Å²) < 4.78 is 5.32. The van der Waals surface area contributed by atoms with Crippen LogP contribution < -0.4 is 4.90 Å². The fourth-order valence-electron chi connectivity index (χ4n) is 2.36. The zero-order valence-electron chi connectivity index (χ0n) is 13.0. The van der Waals surface area contributed by atoms with Gasteiger partial charge in [-0.25, -0.2) is 4.98 Å². The van der Waals surface area contributed by atoms with Crippen LogP contribution in [0.15, 0.2) is 24.3 Å². The van der Waals surface area contributed by atoms with Gasteiger partial charge in [-0.15, -0.1) is 0 Å². The Hall–Kier alpha value is -2.47. The Kier molecular flexibility index (Phi) is 5.28. The number of rotatable bonds is 4. The Labute approximate surface area is 152 Å². The maximum atomic E-state index is 10.7. The SMILES string of the molecule is N#C/C(=C\c1sc(N2CCOCC2)nc1Cl)c1ccc([N+](=O)[O-])cc1. The summed E-state index contributed by atoms with van der Waals surface area (Å²) in [7, 11) is 0. The molecule has 0 radical (unpaired) electrons. The van der Waals surface area contributed by atoms with Crippen LogP contribution >= 0.6 is 22.9 Å². The summed E-state index contributed by atoms with van der Waals surface area (Å²) in [5, 5.41) is 21.3. The molecule has 1 aliphatic rings. The van der Waals surface area contributed by atoms with Crippen LogP contribution in [0, 0.1) is 21.4 Å². The van der Waals surface area contributed by atoms with Gasteiger partial charge in [0, 0.05) is 25.2 Å². The van der Waals surface area contributed by atoms with Crippen LogP contribution in [0.1, 0.15) is 10.4 Å². The molecule has 0 N–H and O–H groups in total. The highest BCUT2D eigenvalue weighted by Crippen LogP contribution is 2.33. The van der Waals surface area contributed by atoms with Crippen LogP contribution in [0.5, 0.6) is 0 Å². The summed E-state index contributed by atoms with van der Waals surface area (Å²) in [5.74, 6) is 0. The largest absolute Gasteiger partial charge is 0.378 e. The molecule has 2 heterocycles. The quantitative estimate of drug-likeness (QED) is 0.460. The number of nitro groups is 1. The number of hydrogen-bond donors (Lipinski definition) is 0. The number of anilines is 1. The molecule has 0 saturated carbocycles. The van der Waals surface area contributed by atoms with Gasteiger partial charge in [0.15, 0.2) is 5.13 Å². The van der Waals surface area contributed by atoms with Crippen LogP contribution in [0.25, 0.3) is 11.6 Å². The van der Waals surface area contributed by atoms with Gasteiger partial charge in [-0.1, -0.05) is 22.9 Å². The molecule has 1 aromatic carbocycles. The van der Waals surface area contributed by atoms with E-state index in [1.165, 1.54) is 23.5 Å². The van der Waals surface area contributed by atoms with Crippen molar-refractivity contribution in [1.82, 2.24) is 4.98 Å². The molecule has 0 bridgehead atoms. The van der Waals surface area contributed by atoms with Crippen molar-refractivity contribution in [3.63, 3.8) is 0 Å². The number of nitriles is 1. The first-order chi connectivity index (χ1) is 12.1. The molecule has 1 aromatic heterocycles. The number of allylic oxidation sites excluding steroid dienone is 1. The fourth-order valence-corrected chi connectivity index (χ4v) is 3.61. The van der Waals surface area contributed by atoms with Crippen LogP contribution in [-0.2, 0) is 4.74 Å². The van der Waals surface area contributed by atoms with Crippen molar-refractivity contribution in [2.75, 3.05) is 31.2 Å². The van der Waals surface area contributed by atoms with Crippen molar-refractivity contribution in [2.45, 2.75) is 0 Å². The number of hydrogen-bond acceptors (Lipinski definition) is 7. The summed E-state index contributed by atoms with van der Waals surface area (Å²) >= 11 is 7.62. The lowest BCUT2D eigenvalue weighted by molar-refractivity contribution is -0.384. The maximum absolute atomic E-state index is 10.7. The summed E-state index contributed by atoms with van der Waals surface area (Å²) in [4.78, 5) is 17.4. The normalized spacial score (nSPS) is 15.0. The second-order valence-electron chi connectivity index (χ2n) is 5.22. The molecule has 1 saturated heterocycles. The highest BCUT2D eigenvalue weighted by Gasteiger charge is 2.17. The first-order valence-corrected chi connectivity index (χ1v) is 8.63. The third kappa shape index (κ3) is 3.96. The fraction of sp³-hybridized carbons (Fsp3) is 0.250. The van der Waals surface area contributed by atoms with E-state index < -0.39 is 4.92 Å². The molecule has 0 aliphatic carbocycles. The molecule has 0 atom stereocenters. The Morgan fingerprint density at radius 2 is 2.08 bits per heavy atom. The number of thiazole rings is 1. The molecular formula is C16H13ClN4O3S. The highest BCUT2D eigenvalue weighted by molar-refractivity contribution is 7.17. The van der Waals surface area contributed by atoms with Gasteiger partial charge in [-0.05, 0) is 23.8 Å². The van der Waals surface area contributed by atoms with E-state index in [1.807, 2.05) is 0 Å². The van der Waals surface area contributed by atoms with Crippen molar-refractivity contribution >= 4 is 45.4 Å². The molecule has 9 heteroatoms. The van der Waals surface area contributed by atoms with E-state index in [-0.39, 0.29) is 5.69 Å². The van der Waals surface area contributed by atoms with E-state index in [0.717, 1.165) is 18.2 Å². The molecule has 0 amide bonds. The van der Waals surface area contributed by atoms with Crippen LogP contribution in [-0.4, -0.2) is 36.2 Å². The average molecular weight is 377 g/mol. The van der Waals surface area contributed by atoms with E-state index in [9.17, 15) is 15.4 Å². The van der Waals surface area contributed by atoms with E-state index in [4.69, 9.17) is 16.3 Å². The molecule has 25 heavy (non-hydrogen) atoms. The van der Waals surface area contributed by atoms with Gasteiger partial charge in [0.25, 0.3) is 5.69 Å². The molecule has 1 aliphatic heterocycles. The lowest BCUT2D eigenvalue weighted by Gasteiger charge is -2.25. The number of nitrogens with zero attached hydrogens (tertiary/aromatic N) is 4. The number of aromatic nitrogens is 1. The van der Waals surface area contributed by atoms with E-state index in [0.29, 0.717) is 34.4 Å². The number of nitro benzene ring substituents is 1. The van der Waals surface area contributed by atoms with Crippen molar-refractivity contribution in [3.8, 4) is 6.07 Å². The minimum Gasteiger partial charge on any atom is -0.378 e. The maximum Gasteiger partial charge on any atom is 0.269 e. The van der Waals surface area contributed by atoms with Crippen molar-refractivity contribution < 1.29 is 9.66 Å². The topological polar surface area (TPSA) is 92.3 Å². The van der Waals surface area contributed by atoms with Gasteiger partial charge >= 0.3 is 0 Å². The van der Waals surface area contributed by atoms with Crippen molar-refractivity contribution in [1.29, 1.82) is 5.26 Å². The molecule has 0 spiro atoms. The molecule has 7 nitrogen and oxygen atoms in total. The molecule has 1 fully saturated rings. The second kappa shape index (κ2) is 7.61. The van der Waals surface area contributed by atoms with Crippen molar-refractivity contribution in [3.05, 3.63) is 50.0 Å². The van der Waals surface area contributed by atoms with Crippen LogP contribution in [0.2, 0.25) is 5.15 Å². The predicted octanol–water partition coefficient (Wildman–Crippen LogP) is 3.61. The van der Waals surface area contributed by atoms with Gasteiger partial charge in [0.05, 0.1) is 34.7 Å². The second-order valence-corrected chi connectivity index (χ2v) is 6.59. The Morgan fingerprint density at radius 3 is 2.68 bits per heavy atom. The number of non-ortho nitro benzene ring substituents is 1. The summed E-state index contributed by atoms with van der Waals surface area (Å²) in [6, 6.07) is 7.94. The van der Waals surface area contributed by atoms with Gasteiger partial charge < -0.3 is 9.64 Å². The van der Waals surface area contributed by atoms with E-state index in [1.54, 1.807) is 18.2 Å². The average Bonchev–Trinajstić information content (AvgIpc) is 3.01. The third-order valence-electron chi connectivity index (χ3n) is 3.66. The highest BCUT2D eigenvalue weighted by atomic mass is 35.5. The Morgan fingerprint density at radius 1 is 1.40 bits per heavy atom. The molecule has 3 rings (SSSR count). The van der Waals surface area contributed by atoms with Gasteiger partial charge in [0.2, 0.25) is 0 Å². The minimum atomic E-state index is -0.478. The number of morpholine rings is 1. The number of halogens is 1. The smallest absolute Gasteiger partial charge is 0.269 e. The molecule has 128 valence electrons. The van der Waals surface area contributed by atoms with E-state index >= 15 is 0 Å². The van der Waals surface area contributed by atoms with Gasteiger partial charge in [0.1, 0.15) is 5.15 Å². The first-order valence-electron chi connectivity index (χ1n) is 7.44. The first kappa shape index (κ1) is 17.4. The molecule has 2 aromatic rings. The number of ether oxygens (including phenoxy) is 1. The lowest BCUT2D eigenvalue weighted by Crippen LogP contribution is -2.36. The zero-order valence-corrected chi connectivity index (χ0v) is 14.6. The predicted molar refractivity (Wildman–Crippen MR) is 96.7 cm³/mol. The summed E-state index contributed by atoms with van der Waals surface area (Å²) in [6.07, 6.45) is 1.66. The van der Waals surface area contributed by atoms with Crippen molar-refractivity contribution in [2.24, 2.45) is 0 Å². The zero-order chi connectivity index (χ0) is 17.8. The van der Waals surface area contributed by atoms with E-state index in [2.05, 4.69) is 16.0 Å². The van der Waals surface area contributed by atoms with Crippen LogP contribution in [0.3, 0.4) is 0 Å². The Bertz CT molecular complexity index is 851. The minimum absolute atomic E-state index is 0.0218. The standard InChI is InChI=1S/C16H13ClN4O3S/c17-15-14(25-16(19-15)20-5-7-24-8-6-20)9-12(10-18)11-1-3-13(4-2-11)21(22)23/h1-4,9H,5-8H2/b12-9+. The monoisotopic (exact) mass is 376 g/mol. The lowest BCUT2D eigenvalue weighted by atomic mass is 10.1. The molecular weight excluding hydrogens is 364 g/mol. The third-order valence-corrected chi connectivity index (χ3v) is 5.13. The Balaban J connectivity index is 1.88. The number of benzene rings is 1.